The summed E-state index contributed by atoms with van der Waals surface area (Å²) in [5.41, 5.74) is 1.52. The van der Waals surface area contributed by atoms with Crippen molar-refractivity contribution in [3.05, 3.63) is 29.3 Å². The van der Waals surface area contributed by atoms with E-state index in [1.54, 1.807) is 7.11 Å². The maximum absolute atomic E-state index is 12.7. The molecule has 0 aliphatic heterocycles. The molecule has 0 aromatic heterocycles. The Balaban J connectivity index is 2.04. The number of benzene rings is 1. The molecule has 1 aromatic rings. The summed E-state index contributed by atoms with van der Waals surface area (Å²) in [4.78, 5) is 14.7. The van der Waals surface area contributed by atoms with Gasteiger partial charge in [0, 0.05) is 12.1 Å². The topological polar surface area (TPSA) is 65.4 Å². The molecule has 1 N–H and O–H groups in total. The standard InChI is InChI=1S/C20H29N3O2/c1-15-8-9-18(25-4)17(12-15)13-23(3)16(2)19(24)22-20(14-21)10-6-5-7-11-20/h8-9,12,16H,5-7,10-11,13H2,1-4H3,(H,22,24). The minimum Gasteiger partial charge on any atom is -0.496 e. The van der Waals surface area contributed by atoms with Crippen LogP contribution in [0.1, 0.15) is 50.2 Å². The normalized spacial score (nSPS) is 17.6. The predicted molar refractivity (Wildman–Crippen MR) is 98.2 cm³/mol. The van der Waals surface area contributed by atoms with Gasteiger partial charge >= 0.3 is 0 Å². The van der Waals surface area contributed by atoms with Gasteiger partial charge in [-0.25, -0.2) is 0 Å². The van der Waals surface area contributed by atoms with Gasteiger partial charge in [-0.1, -0.05) is 37.0 Å². The second kappa shape index (κ2) is 8.35. The molecule has 136 valence electrons. The summed E-state index contributed by atoms with van der Waals surface area (Å²) in [6.07, 6.45) is 4.63. The van der Waals surface area contributed by atoms with Crippen LogP contribution in [0.2, 0.25) is 0 Å². The predicted octanol–water partition coefficient (Wildman–Crippen LogP) is 3.17. The van der Waals surface area contributed by atoms with Crippen LogP contribution < -0.4 is 10.1 Å². The number of likely N-dealkylation sites (N-methyl/N-ethyl adjacent to an activating group) is 1. The Morgan fingerprint density at radius 2 is 2.08 bits per heavy atom. The van der Waals surface area contributed by atoms with E-state index in [4.69, 9.17) is 4.74 Å². The zero-order valence-electron chi connectivity index (χ0n) is 15.8. The van der Waals surface area contributed by atoms with Gasteiger partial charge in [-0.05, 0) is 39.8 Å². The van der Waals surface area contributed by atoms with Gasteiger partial charge in [0.15, 0.2) is 0 Å². The minimum atomic E-state index is -0.689. The Hall–Kier alpha value is -2.06. The molecular weight excluding hydrogens is 314 g/mol. The van der Waals surface area contributed by atoms with Gasteiger partial charge < -0.3 is 10.1 Å². The van der Waals surface area contributed by atoms with E-state index in [9.17, 15) is 10.1 Å². The van der Waals surface area contributed by atoms with Crippen molar-refractivity contribution in [3.63, 3.8) is 0 Å². The second-order valence-corrected chi connectivity index (χ2v) is 7.15. The van der Waals surface area contributed by atoms with Crippen LogP contribution in [0.15, 0.2) is 18.2 Å². The molecule has 1 fully saturated rings. The average Bonchev–Trinajstić information content (AvgIpc) is 2.62. The first-order chi connectivity index (χ1) is 11.9. The molecule has 0 radical (unpaired) electrons. The van der Waals surface area contributed by atoms with E-state index in [1.165, 1.54) is 0 Å². The van der Waals surface area contributed by atoms with Crippen LogP contribution in [0, 0.1) is 18.3 Å². The molecule has 2 rings (SSSR count). The third-order valence-electron chi connectivity index (χ3n) is 5.18. The molecule has 1 unspecified atom stereocenters. The highest BCUT2D eigenvalue weighted by molar-refractivity contribution is 5.82. The average molecular weight is 343 g/mol. The first-order valence-corrected chi connectivity index (χ1v) is 8.98. The van der Waals surface area contributed by atoms with Crippen molar-refractivity contribution in [1.29, 1.82) is 5.26 Å². The summed E-state index contributed by atoms with van der Waals surface area (Å²) in [5, 5.41) is 12.6. The minimum absolute atomic E-state index is 0.0856. The number of carbonyl (C=O) groups is 1. The molecule has 1 amide bonds. The molecule has 25 heavy (non-hydrogen) atoms. The number of nitrogens with zero attached hydrogens (tertiary/aromatic N) is 2. The van der Waals surface area contributed by atoms with Gasteiger partial charge in [0.25, 0.3) is 0 Å². The summed E-state index contributed by atoms with van der Waals surface area (Å²) in [6, 6.07) is 8.07. The summed E-state index contributed by atoms with van der Waals surface area (Å²) >= 11 is 0. The number of amides is 1. The Morgan fingerprint density at radius 3 is 2.68 bits per heavy atom. The maximum atomic E-state index is 12.7. The Morgan fingerprint density at radius 1 is 1.40 bits per heavy atom. The van der Waals surface area contributed by atoms with Crippen molar-refractivity contribution in [2.75, 3.05) is 14.2 Å². The zero-order chi connectivity index (χ0) is 18.4. The van der Waals surface area contributed by atoms with E-state index in [0.717, 1.165) is 49.0 Å². The molecule has 1 aliphatic carbocycles. The fraction of sp³-hybridized carbons (Fsp3) is 0.600. The fourth-order valence-electron chi connectivity index (χ4n) is 3.40. The molecule has 0 bridgehead atoms. The van der Waals surface area contributed by atoms with Crippen molar-refractivity contribution in [2.45, 2.75) is 64.1 Å². The van der Waals surface area contributed by atoms with E-state index < -0.39 is 5.54 Å². The molecule has 0 heterocycles. The van der Waals surface area contributed by atoms with Gasteiger partial charge in [-0.3, -0.25) is 9.69 Å². The van der Waals surface area contributed by atoms with Crippen molar-refractivity contribution in [1.82, 2.24) is 10.2 Å². The lowest BCUT2D eigenvalue weighted by molar-refractivity contribution is -0.127. The SMILES string of the molecule is COc1ccc(C)cc1CN(C)C(C)C(=O)NC1(C#N)CCCCC1. The van der Waals surface area contributed by atoms with Gasteiger partial charge in [-0.15, -0.1) is 0 Å². The van der Waals surface area contributed by atoms with Gasteiger partial charge in [0.05, 0.1) is 19.2 Å². The highest BCUT2D eigenvalue weighted by Crippen LogP contribution is 2.28. The van der Waals surface area contributed by atoms with Crippen molar-refractivity contribution in [2.24, 2.45) is 0 Å². The van der Waals surface area contributed by atoms with E-state index >= 15 is 0 Å². The third-order valence-corrected chi connectivity index (χ3v) is 5.18. The molecule has 0 saturated heterocycles. The van der Waals surface area contributed by atoms with E-state index in [2.05, 4.69) is 17.5 Å². The fourth-order valence-corrected chi connectivity index (χ4v) is 3.40. The van der Waals surface area contributed by atoms with Gasteiger partial charge in [0.1, 0.15) is 11.3 Å². The molecule has 1 aliphatic rings. The first-order valence-electron chi connectivity index (χ1n) is 8.98. The number of aryl methyl sites for hydroxylation is 1. The largest absolute Gasteiger partial charge is 0.496 e. The highest BCUT2D eigenvalue weighted by atomic mass is 16.5. The van der Waals surface area contributed by atoms with Crippen molar-refractivity contribution >= 4 is 5.91 Å². The number of carbonyl (C=O) groups excluding carboxylic acids is 1. The van der Waals surface area contributed by atoms with Gasteiger partial charge in [0.2, 0.25) is 5.91 Å². The molecular formula is C20H29N3O2. The Bertz CT molecular complexity index is 645. The van der Waals surface area contributed by atoms with Crippen LogP contribution in [0.5, 0.6) is 5.75 Å². The summed E-state index contributed by atoms with van der Waals surface area (Å²) in [6.45, 7) is 4.53. The lowest BCUT2D eigenvalue weighted by atomic mass is 9.82. The summed E-state index contributed by atoms with van der Waals surface area (Å²) in [7, 11) is 3.58. The number of nitriles is 1. The third kappa shape index (κ3) is 4.73. The lowest BCUT2D eigenvalue weighted by Gasteiger charge is -2.34. The van der Waals surface area contributed by atoms with Crippen LogP contribution in [-0.4, -0.2) is 36.5 Å². The van der Waals surface area contributed by atoms with E-state index in [0.29, 0.717) is 6.54 Å². The van der Waals surface area contributed by atoms with Crippen LogP contribution in [-0.2, 0) is 11.3 Å². The molecule has 1 aromatic carbocycles. The number of hydrogen-bond acceptors (Lipinski definition) is 4. The van der Waals surface area contributed by atoms with Crippen LogP contribution in [0.3, 0.4) is 0 Å². The first kappa shape index (κ1) is 19.3. The molecule has 5 heteroatoms. The van der Waals surface area contributed by atoms with Crippen LogP contribution >= 0.6 is 0 Å². The number of methoxy groups -OCH3 is 1. The Labute approximate surface area is 151 Å². The number of rotatable bonds is 6. The number of nitrogens with one attached hydrogen (secondary N) is 1. The maximum Gasteiger partial charge on any atom is 0.238 e. The van der Waals surface area contributed by atoms with Crippen LogP contribution in [0.25, 0.3) is 0 Å². The molecule has 5 nitrogen and oxygen atoms in total. The van der Waals surface area contributed by atoms with Crippen molar-refractivity contribution < 1.29 is 9.53 Å². The van der Waals surface area contributed by atoms with Crippen LogP contribution in [0.4, 0.5) is 0 Å². The highest BCUT2D eigenvalue weighted by Gasteiger charge is 2.35. The van der Waals surface area contributed by atoms with E-state index in [1.807, 2.05) is 37.9 Å². The zero-order valence-corrected chi connectivity index (χ0v) is 15.8. The van der Waals surface area contributed by atoms with E-state index in [-0.39, 0.29) is 11.9 Å². The molecule has 0 spiro atoms. The van der Waals surface area contributed by atoms with Crippen molar-refractivity contribution in [3.8, 4) is 11.8 Å². The Kier molecular flexibility index (Phi) is 6.44. The summed E-state index contributed by atoms with van der Waals surface area (Å²) < 4.78 is 5.43. The molecule has 1 saturated carbocycles. The lowest BCUT2D eigenvalue weighted by Crippen LogP contribution is -2.54. The second-order valence-electron chi connectivity index (χ2n) is 7.15. The van der Waals surface area contributed by atoms with Gasteiger partial charge in [-0.2, -0.15) is 5.26 Å². The monoisotopic (exact) mass is 343 g/mol. The quantitative estimate of drug-likeness (QED) is 0.861. The number of ether oxygens (including phenoxy) is 1. The summed E-state index contributed by atoms with van der Waals surface area (Å²) in [5.74, 6) is 0.739. The molecule has 1 atom stereocenters. The smallest absolute Gasteiger partial charge is 0.238 e. The number of hydrogen-bond donors (Lipinski definition) is 1.